The molecule has 1 amide bonds. The van der Waals surface area contributed by atoms with Gasteiger partial charge in [0.05, 0.1) is 0 Å². The fraction of sp³-hybridized carbons (Fsp3) is 0.429. The lowest BCUT2D eigenvalue weighted by Crippen LogP contribution is -2.26. The number of hydrogen-bond acceptors (Lipinski definition) is 2. The first kappa shape index (κ1) is 14.2. The number of carboxylic acid groups (broad SMARTS) is 1. The molecule has 0 atom stereocenters. The summed E-state index contributed by atoms with van der Waals surface area (Å²) in [6, 6.07) is 8.02. The van der Waals surface area contributed by atoms with E-state index in [-0.39, 0.29) is 18.7 Å². The molecule has 0 fully saturated rings. The zero-order valence-electron chi connectivity index (χ0n) is 10.8. The maximum Gasteiger partial charge on any atom is 0.303 e. The number of carboxylic acids is 1. The number of carbonyl (C=O) groups is 2. The van der Waals surface area contributed by atoms with Crippen LogP contribution in [-0.4, -0.2) is 28.9 Å². The van der Waals surface area contributed by atoms with Crippen molar-refractivity contribution < 1.29 is 14.7 Å². The highest BCUT2D eigenvalue weighted by Crippen LogP contribution is 2.08. The minimum Gasteiger partial charge on any atom is -0.481 e. The van der Waals surface area contributed by atoms with Gasteiger partial charge in [0, 0.05) is 26.4 Å². The second-order valence-corrected chi connectivity index (χ2v) is 4.48. The van der Waals surface area contributed by atoms with Crippen LogP contribution in [0.3, 0.4) is 0 Å². The molecule has 0 heterocycles. The predicted molar refractivity (Wildman–Crippen MR) is 69.1 cm³/mol. The minimum absolute atomic E-state index is 0.0168. The van der Waals surface area contributed by atoms with Crippen LogP contribution in [0.5, 0.6) is 0 Å². The van der Waals surface area contributed by atoms with Gasteiger partial charge >= 0.3 is 5.97 Å². The van der Waals surface area contributed by atoms with Crippen LogP contribution in [0.4, 0.5) is 0 Å². The lowest BCUT2D eigenvalue weighted by molar-refractivity contribution is -0.137. The molecule has 18 heavy (non-hydrogen) atoms. The first-order valence-electron chi connectivity index (χ1n) is 6.00. The van der Waals surface area contributed by atoms with Gasteiger partial charge in [-0.25, -0.2) is 0 Å². The SMILES string of the molecule is Cc1ccc(CN(C)C(=O)CCCC(=O)O)cc1. The lowest BCUT2D eigenvalue weighted by Gasteiger charge is -2.17. The number of rotatable bonds is 6. The molecule has 0 aliphatic carbocycles. The average Bonchev–Trinajstić information content (AvgIpc) is 2.31. The summed E-state index contributed by atoms with van der Waals surface area (Å²) in [4.78, 5) is 23.7. The van der Waals surface area contributed by atoms with Crippen molar-refractivity contribution in [2.24, 2.45) is 0 Å². The summed E-state index contributed by atoms with van der Waals surface area (Å²) in [5.41, 5.74) is 2.27. The van der Waals surface area contributed by atoms with E-state index in [0.29, 0.717) is 13.0 Å². The summed E-state index contributed by atoms with van der Waals surface area (Å²) in [6.07, 6.45) is 0.727. The van der Waals surface area contributed by atoms with Crippen LogP contribution in [0, 0.1) is 6.92 Å². The molecule has 0 aromatic heterocycles. The largest absolute Gasteiger partial charge is 0.481 e. The van der Waals surface area contributed by atoms with Gasteiger partial charge < -0.3 is 10.0 Å². The molecule has 0 aliphatic heterocycles. The number of carbonyl (C=O) groups excluding carboxylic acids is 1. The second kappa shape index (κ2) is 6.79. The van der Waals surface area contributed by atoms with Crippen LogP contribution in [-0.2, 0) is 16.1 Å². The molecule has 1 aromatic rings. The summed E-state index contributed by atoms with van der Waals surface area (Å²) < 4.78 is 0. The fourth-order valence-corrected chi connectivity index (χ4v) is 1.64. The second-order valence-electron chi connectivity index (χ2n) is 4.48. The molecule has 98 valence electrons. The van der Waals surface area contributed by atoms with Gasteiger partial charge in [0.2, 0.25) is 5.91 Å². The molecule has 4 nitrogen and oxygen atoms in total. The zero-order chi connectivity index (χ0) is 13.5. The minimum atomic E-state index is -0.857. The van der Waals surface area contributed by atoms with Crippen LogP contribution < -0.4 is 0 Å². The molecular weight excluding hydrogens is 230 g/mol. The van der Waals surface area contributed by atoms with Gasteiger partial charge in [-0.15, -0.1) is 0 Å². The highest BCUT2D eigenvalue weighted by Gasteiger charge is 2.09. The van der Waals surface area contributed by atoms with Crippen molar-refractivity contribution in [2.45, 2.75) is 32.7 Å². The summed E-state index contributed by atoms with van der Waals surface area (Å²) >= 11 is 0. The van der Waals surface area contributed by atoms with Crippen LogP contribution in [0.25, 0.3) is 0 Å². The first-order chi connectivity index (χ1) is 8.49. The van der Waals surface area contributed by atoms with Gasteiger partial charge in [-0.05, 0) is 18.9 Å². The van der Waals surface area contributed by atoms with Crippen molar-refractivity contribution in [3.63, 3.8) is 0 Å². The first-order valence-corrected chi connectivity index (χ1v) is 6.00. The highest BCUT2D eigenvalue weighted by atomic mass is 16.4. The van der Waals surface area contributed by atoms with Crippen molar-refractivity contribution in [1.82, 2.24) is 4.90 Å². The maximum absolute atomic E-state index is 11.7. The van der Waals surface area contributed by atoms with Crippen LogP contribution in [0.15, 0.2) is 24.3 Å². The van der Waals surface area contributed by atoms with Gasteiger partial charge in [-0.3, -0.25) is 9.59 Å². The van der Waals surface area contributed by atoms with Crippen molar-refractivity contribution in [1.29, 1.82) is 0 Å². The van der Waals surface area contributed by atoms with E-state index in [1.165, 1.54) is 5.56 Å². The highest BCUT2D eigenvalue weighted by molar-refractivity contribution is 5.76. The quantitative estimate of drug-likeness (QED) is 0.841. The Balaban J connectivity index is 2.39. The molecule has 0 bridgehead atoms. The Labute approximate surface area is 107 Å². The Morgan fingerprint density at radius 3 is 2.33 bits per heavy atom. The molecule has 1 aromatic carbocycles. The third-order valence-corrected chi connectivity index (χ3v) is 2.75. The van der Waals surface area contributed by atoms with Gasteiger partial charge in [0.1, 0.15) is 0 Å². The number of aryl methyl sites for hydroxylation is 1. The Kier molecular flexibility index (Phi) is 5.36. The van der Waals surface area contributed by atoms with Crippen molar-refractivity contribution >= 4 is 11.9 Å². The van der Waals surface area contributed by atoms with E-state index in [9.17, 15) is 9.59 Å². The van der Waals surface area contributed by atoms with Crippen molar-refractivity contribution in [3.05, 3.63) is 35.4 Å². The number of nitrogens with zero attached hydrogens (tertiary/aromatic N) is 1. The van der Waals surface area contributed by atoms with Gasteiger partial charge in [-0.1, -0.05) is 29.8 Å². The molecule has 0 saturated carbocycles. The van der Waals surface area contributed by atoms with Gasteiger partial charge in [0.25, 0.3) is 0 Å². The van der Waals surface area contributed by atoms with Gasteiger partial charge in [-0.2, -0.15) is 0 Å². The zero-order valence-corrected chi connectivity index (χ0v) is 10.8. The van der Waals surface area contributed by atoms with E-state index in [0.717, 1.165) is 5.56 Å². The molecule has 0 aliphatic rings. The number of aliphatic carboxylic acids is 1. The molecular formula is C14H19NO3. The molecule has 0 radical (unpaired) electrons. The fourth-order valence-electron chi connectivity index (χ4n) is 1.64. The summed E-state index contributed by atoms with van der Waals surface area (Å²) in [5, 5.41) is 8.50. The van der Waals surface area contributed by atoms with Crippen LogP contribution in [0.1, 0.15) is 30.4 Å². The van der Waals surface area contributed by atoms with E-state index in [2.05, 4.69) is 0 Å². The molecule has 4 heteroatoms. The third kappa shape index (κ3) is 4.99. The number of hydrogen-bond donors (Lipinski definition) is 1. The Bertz CT molecular complexity index is 412. The van der Waals surface area contributed by atoms with E-state index in [1.54, 1.807) is 11.9 Å². The normalized spacial score (nSPS) is 10.1. The monoisotopic (exact) mass is 249 g/mol. The number of amides is 1. The Hall–Kier alpha value is -1.84. The van der Waals surface area contributed by atoms with E-state index in [4.69, 9.17) is 5.11 Å². The maximum atomic E-state index is 11.7. The third-order valence-electron chi connectivity index (χ3n) is 2.75. The van der Waals surface area contributed by atoms with Crippen molar-refractivity contribution in [2.75, 3.05) is 7.05 Å². The number of benzene rings is 1. The Morgan fingerprint density at radius 2 is 1.78 bits per heavy atom. The molecule has 0 unspecified atom stereocenters. The topological polar surface area (TPSA) is 57.6 Å². The summed E-state index contributed by atoms with van der Waals surface area (Å²) in [7, 11) is 1.74. The van der Waals surface area contributed by atoms with E-state index >= 15 is 0 Å². The Morgan fingerprint density at radius 1 is 1.17 bits per heavy atom. The van der Waals surface area contributed by atoms with E-state index in [1.807, 2.05) is 31.2 Å². The summed E-state index contributed by atoms with van der Waals surface area (Å²) in [6.45, 7) is 2.58. The van der Waals surface area contributed by atoms with Gasteiger partial charge in [0.15, 0.2) is 0 Å². The van der Waals surface area contributed by atoms with Crippen LogP contribution >= 0.6 is 0 Å². The standard InChI is InChI=1S/C14H19NO3/c1-11-6-8-12(9-7-11)10-15(2)13(16)4-3-5-14(17)18/h6-9H,3-5,10H2,1-2H3,(H,17,18). The smallest absolute Gasteiger partial charge is 0.303 e. The van der Waals surface area contributed by atoms with Crippen LogP contribution in [0.2, 0.25) is 0 Å². The molecule has 0 spiro atoms. The lowest BCUT2D eigenvalue weighted by atomic mass is 10.1. The molecule has 0 saturated heterocycles. The molecule has 1 rings (SSSR count). The van der Waals surface area contributed by atoms with Crippen molar-refractivity contribution in [3.8, 4) is 0 Å². The summed E-state index contributed by atoms with van der Waals surface area (Å²) in [5.74, 6) is -0.874. The average molecular weight is 249 g/mol. The molecule has 1 N–H and O–H groups in total. The van der Waals surface area contributed by atoms with E-state index < -0.39 is 5.97 Å². The predicted octanol–water partition coefficient (Wildman–Crippen LogP) is 2.21.